The van der Waals surface area contributed by atoms with Gasteiger partial charge < -0.3 is 14.2 Å². The van der Waals surface area contributed by atoms with Crippen LogP contribution in [0.1, 0.15) is 16.1 Å². The predicted octanol–water partition coefficient (Wildman–Crippen LogP) is 5.38. The number of pyridine rings is 1. The third-order valence-electron chi connectivity index (χ3n) is 6.17. The average molecular weight is 496 g/mol. The van der Waals surface area contributed by atoms with Gasteiger partial charge >= 0.3 is 6.18 Å². The second-order valence-electron chi connectivity index (χ2n) is 8.30. The molecule has 8 nitrogen and oxygen atoms in total. The molecular formula is C25H19F3N4O4. The molecule has 1 saturated heterocycles. The third-order valence-corrected chi connectivity index (χ3v) is 6.17. The van der Waals surface area contributed by atoms with E-state index in [1.54, 1.807) is 23.2 Å². The first kappa shape index (κ1) is 23.3. The molecule has 0 saturated carbocycles. The Morgan fingerprint density at radius 2 is 1.78 bits per heavy atom. The van der Waals surface area contributed by atoms with Crippen molar-refractivity contribution in [3.63, 3.8) is 0 Å². The van der Waals surface area contributed by atoms with Crippen LogP contribution in [0, 0.1) is 10.1 Å². The smallest absolute Gasteiger partial charge is 0.416 e. The SMILES string of the molecule is O=C(c1ccc(-c2cccc(C(F)(F)F)c2)o1)N1CCN(c2ccc([N+](=O)[O-])c3cnccc23)CC1. The number of hydrogen-bond acceptors (Lipinski definition) is 6. The Kier molecular flexibility index (Phi) is 5.83. The second-order valence-corrected chi connectivity index (χ2v) is 8.30. The van der Waals surface area contributed by atoms with Gasteiger partial charge in [0.1, 0.15) is 5.76 Å². The number of rotatable bonds is 4. The molecular weight excluding hydrogens is 477 g/mol. The summed E-state index contributed by atoms with van der Waals surface area (Å²) in [5.74, 6) is -0.137. The van der Waals surface area contributed by atoms with Gasteiger partial charge in [-0.3, -0.25) is 19.9 Å². The lowest BCUT2D eigenvalue weighted by Gasteiger charge is -2.36. The van der Waals surface area contributed by atoms with Crippen LogP contribution in [0.5, 0.6) is 0 Å². The van der Waals surface area contributed by atoms with Crippen molar-refractivity contribution in [1.29, 1.82) is 0 Å². The molecule has 1 aliphatic rings. The Balaban J connectivity index is 1.30. The maximum absolute atomic E-state index is 13.0. The molecule has 0 radical (unpaired) electrons. The number of anilines is 1. The number of carbonyl (C=O) groups excluding carboxylic acids is 1. The van der Waals surface area contributed by atoms with Gasteiger partial charge in [-0.1, -0.05) is 12.1 Å². The minimum atomic E-state index is -4.48. The highest BCUT2D eigenvalue weighted by atomic mass is 19.4. The number of nitro benzene ring substituents is 1. The molecule has 4 aromatic rings. The molecule has 0 bridgehead atoms. The van der Waals surface area contributed by atoms with E-state index in [-0.39, 0.29) is 28.7 Å². The van der Waals surface area contributed by atoms with E-state index in [0.29, 0.717) is 37.0 Å². The van der Waals surface area contributed by atoms with Crippen LogP contribution in [0.3, 0.4) is 0 Å². The maximum atomic E-state index is 13.0. The minimum Gasteiger partial charge on any atom is -0.451 e. The van der Waals surface area contributed by atoms with Crippen LogP contribution in [0.2, 0.25) is 0 Å². The lowest BCUT2D eigenvalue weighted by atomic mass is 10.1. The van der Waals surface area contributed by atoms with E-state index in [1.807, 2.05) is 4.90 Å². The Hall–Kier alpha value is -4.41. The van der Waals surface area contributed by atoms with Crippen molar-refractivity contribution < 1.29 is 27.3 Å². The van der Waals surface area contributed by atoms with E-state index >= 15 is 0 Å². The van der Waals surface area contributed by atoms with E-state index in [4.69, 9.17) is 4.42 Å². The Labute approximate surface area is 202 Å². The molecule has 1 amide bonds. The predicted molar refractivity (Wildman–Crippen MR) is 126 cm³/mol. The van der Waals surface area contributed by atoms with E-state index in [0.717, 1.165) is 17.8 Å². The molecule has 2 aromatic carbocycles. The summed E-state index contributed by atoms with van der Waals surface area (Å²) in [6.45, 7) is 1.73. The van der Waals surface area contributed by atoms with E-state index < -0.39 is 16.7 Å². The summed E-state index contributed by atoms with van der Waals surface area (Å²) in [6.07, 6.45) is -1.43. The van der Waals surface area contributed by atoms with Crippen LogP contribution in [-0.4, -0.2) is 46.9 Å². The first-order valence-electron chi connectivity index (χ1n) is 11.1. The van der Waals surface area contributed by atoms with Gasteiger partial charge in [-0.25, -0.2) is 0 Å². The molecule has 1 aliphatic heterocycles. The minimum absolute atomic E-state index is 0.0231. The number of nitro groups is 1. The van der Waals surface area contributed by atoms with Gasteiger partial charge in [0.2, 0.25) is 0 Å². The zero-order chi connectivity index (χ0) is 25.4. The number of furan rings is 1. The van der Waals surface area contributed by atoms with Gasteiger partial charge in [-0.15, -0.1) is 0 Å². The van der Waals surface area contributed by atoms with Crippen LogP contribution in [0.25, 0.3) is 22.1 Å². The van der Waals surface area contributed by atoms with Gasteiger partial charge in [-0.05, 0) is 36.4 Å². The van der Waals surface area contributed by atoms with Crippen molar-refractivity contribution in [3.05, 3.63) is 88.4 Å². The summed E-state index contributed by atoms with van der Waals surface area (Å²) >= 11 is 0. The number of non-ortho nitro benzene ring substituents is 1. The van der Waals surface area contributed by atoms with Crippen molar-refractivity contribution in [3.8, 4) is 11.3 Å². The molecule has 11 heteroatoms. The lowest BCUT2D eigenvalue weighted by Crippen LogP contribution is -2.48. The molecule has 0 atom stereocenters. The average Bonchev–Trinajstić information content (AvgIpc) is 3.38. The van der Waals surface area contributed by atoms with E-state index in [9.17, 15) is 28.1 Å². The number of amides is 1. The first-order valence-corrected chi connectivity index (χ1v) is 11.1. The summed E-state index contributed by atoms with van der Waals surface area (Å²) in [5.41, 5.74) is 0.225. The van der Waals surface area contributed by atoms with Gasteiger partial charge in [0.25, 0.3) is 11.6 Å². The summed E-state index contributed by atoms with van der Waals surface area (Å²) in [7, 11) is 0. The number of fused-ring (bicyclic) bond motifs is 1. The van der Waals surface area contributed by atoms with Crippen LogP contribution < -0.4 is 4.90 Å². The van der Waals surface area contributed by atoms with Gasteiger partial charge in [-0.2, -0.15) is 13.2 Å². The largest absolute Gasteiger partial charge is 0.451 e. The van der Waals surface area contributed by atoms with Crippen molar-refractivity contribution in [2.45, 2.75) is 6.18 Å². The molecule has 1 fully saturated rings. The molecule has 0 unspecified atom stereocenters. The monoisotopic (exact) mass is 496 g/mol. The molecule has 0 N–H and O–H groups in total. The summed E-state index contributed by atoms with van der Waals surface area (Å²) in [4.78, 5) is 31.6. The summed E-state index contributed by atoms with van der Waals surface area (Å²) in [6, 6.07) is 12.6. The van der Waals surface area contributed by atoms with Crippen LogP contribution in [0.4, 0.5) is 24.5 Å². The number of benzene rings is 2. The maximum Gasteiger partial charge on any atom is 0.416 e. The Bertz CT molecular complexity index is 1460. The standard InChI is InChI=1S/C25H19F3N4O4/c26-25(27,28)17-3-1-2-16(14-17)22-6-7-23(36-22)24(33)31-12-10-30(11-13-31)20-4-5-21(32(34)35)19-15-29-9-8-18(19)20/h1-9,14-15H,10-13H2. The molecule has 3 heterocycles. The highest BCUT2D eigenvalue weighted by Crippen LogP contribution is 2.34. The fraction of sp³-hybridized carbons (Fsp3) is 0.200. The third kappa shape index (κ3) is 4.35. The summed E-state index contributed by atoms with van der Waals surface area (Å²) < 4.78 is 44.7. The van der Waals surface area contributed by atoms with E-state index in [2.05, 4.69) is 4.98 Å². The van der Waals surface area contributed by atoms with Gasteiger partial charge in [0, 0.05) is 61.3 Å². The quantitative estimate of drug-likeness (QED) is 0.278. The number of halogens is 3. The first-order chi connectivity index (χ1) is 17.2. The van der Waals surface area contributed by atoms with Crippen molar-refractivity contribution >= 4 is 28.1 Å². The molecule has 184 valence electrons. The second kappa shape index (κ2) is 8.99. The zero-order valence-corrected chi connectivity index (χ0v) is 18.7. The van der Waals surface area contributed by atoms with Gasteiger partial charge in [0.05, 0.1) is 15.9 Å². The molecule has 0 aliphatic carbocycles. The van der Waals surface area contributed by atoms with Crippen LogP contribution in [0.15, 0.2) is 71.4 Å². The van der Waals surface area contributed by atoms with E-state index in [1.165, 1.54) is 36.5 Å². The summed E-state index contributed by atoms with van der Waals surface area (Å²) in [5, 5.41) is 12.5. The van der Waals surface area contributed by atoms with Crippen LogP contribution >= 0.6 is 0 Å². The number of piperazine rings is 1. The van der Waals surface area contributed by atoms with Crippen LogP contribution in [-0.2, 0) is 6.18 Å². The molecule has 2 aromatic heterocycles. The van der Waals surface area contributed by atoms with Crippen molar-refractivity contribution in [1.82, 2.24) is 9.88 Å². The zero-order valence-electron chi connectivity index (χ0n) is 18.7. The normalized spacial score (nSPS) is 14.3. The van der Waals surface area contributed by atoms with Crippen molar-refractivity contribution in [2.24, 2.45) is 0 Å². The number of aromatic nitrogens is 1. The lowest BCUT2D eigenvalue weighted by molar-refractivity contribution is -0.383. The highest BCUT2D eigenvalue weighted by molar-refractivity contribution is 5.99. The Morgan fingerprint density at radius 1 is 1.00 bits per heavy atom. The molecule has 36 heavy (non-hydrogen) atoms. The molecule has 0 spiro atoms. The number of nitrogens with zero attached hydrogens (tertiary/aromatic N) is 4. The fourth-order valence-corrected chi connectivity index (χ4v) is 4.36. The van der Waals surface area contributed by atoms with Gasteiger partial charge in [0.15, 0.2) is 5.76 Å². The number of hydrogen-bond donors (Lipinski definition) is 0. The molecule has 5 rings (SSSR count). The highest BCUT2D eigenvalue weighted by Gasteiger charge is 2.31. The Morgan fingerprint density at radius 3 is 2.50 bits per heavy atom. The number of alkyl halides is 3. The fourth-order valence-electron chi connectivity index (χ4n) is 4.36. The topological polar surface area (TPSA) is 92.7 Å². The number of carbonyl (C=O) groups is 1. The van der Waals surface area contributed by atoms with Crippen molar-refractivity contribution in [2.75, 3.05) is 31.1 Å².